The van der Waals surface area contributed by atoms with E-state index in [2.05, 4.69) is 9.47 Å². The lowest BCUT2D eigenvalue weighted by molar-refractivity contribution is -0.158. The Morgan fingerprint density at radius 1 is 1.25 bits per heavy atom. The van der Waals surface area contributed by atoms with Crippen LogP contribution in [-0.2, 0) is 19.1 Å². The van der Waals surface area contributed by atoms with Crippen molar-refractivity contribution in [1.29, 1.82) is 0 Å². The average Bonchev–Trinajstić information content (AvgIpc) is 2.28. The van der Waals surface area contributed by atoms with Gasteiger partial charge in [0.25, 0.3) is 0 Å². The highest BCUT2D eigenvalue weighted by Gasteiger charge is 2.27. The molecule has 16 heavy (non-hydrogen) atoms. The van der Waals surface area contributed by atoms with E-state index in [9.17, 15) is 9.59 Å². The highest BCUT2D eigenvalue weighted by molar-refractivity contribution is 5.94. The van der Waals surface area contributed by atoms with Crippen molar-refractivity contribution in [3.05, 3.63) is 11.6 Å². The van der Waals surface area contributed by atoms with Crippen molar-refractivity contribution in [2.45, 2.75) is 19.8 Å². The molecule has 0 unspecified atom stereocenters. The lowest BCUT2D eigenvalue weighted by atomic mass is 10.0. The minimum atomic E-state index is -0.927. The quantitative estimate of drug-likeness (QED) is 0.412. The number of hydrogen-bond donors (Lipinski definition) is 1. The summed E-state index contributed by atoms with van der Waals surface area (Å²) in [7, 11) is 2.45. The fourth-order valence-electron chi connectivity index (χ4n) is 1.17. The predicted molar refractivity (Wildman–Crippen MR) is 57.6 cm³/mol. The maximum Gasteiger partial charge on any atom is 0.320 e. The van der Waals surface area contributed by atoms with Crippen molar-refractivity contribution in [3.63, 3.8) is 0 Å². The van der Waals surface area contributed by atoms with Crippen LogP contribution >= 0.6 is 0 Å². The van der Waals surface area contributed by atoms with Crippen LogP contribution in [0.25, 0.3) is 0 Å². The molecule has 0 amide bonds. The molecule has 0 atom stereocenters. The van der Waals surface area contributed by atoms with Gasteiger partial charge in [0, 0.05) is 6.61 Å². The molecular formula is C11H18O5. The van der Waals surface area contributed by atoms with E-state index >= 15 is 0 Å². The summed E-state index contributed by atoms with van der Waals surface area (Å²) in [6, 6.07) is 0. The first kappa shape index (κ1) is 14.6. The number of methoxy groups -OCH3 is 2. The fraction of sp³-hybridized carbons (Fsp3) is 0.636. The van der Waals surface area contributed by atoms with Crippen molar-refractivity contribution < 1.29 is 24.2 Å². The third-order valence-electron chi connectivity index (χ3n) is 2.18. The van der Waals surface area contributed by atoms with Gasteiger partial charge in [0.05, 0.1) is 14.2 Å². The van der Waals surface area contributed by atoms with Gasteiger partial charge in [0.15, 0.2) is 5.92 Å². The fourth-order valence-corrected chi connectivity index (χ4v) is 1.17. The molecule has 0 bridgehead atoms. The number of esters is 2. The Balaban J connectivity index is 4.50. The van der Waals surface area contributed by atoms with Crippen molar-refractivity contribution in [3.8, 4) is 0 Å². The van der Waals surface area contributed by atoms with E-state index in [1.165, 1.54) is 14.2 Å². The van der Waals surface area contributed by atoms with Gasteiger partial charge in [0.1, 0.15) is 0 Å². The molecule has 92 valence electrons. The molecular weight excluding hydrogens is 212 g/mol. The van der Waals surface area contributed by atoms with Crippen molar-refractivity contribution in [1.82, 2.24) is 0 Å². The summed E-state index contributed by atoms with van der Waals surface area (Å²) in [6.07, 6.45) is 2.48. The van der Waals surface area contributed by atoms with Crippen molar-refractivity contribution in [2.75, 3.05) is 20.8 Å². The van der Waals surface area contributed by atoms with E-state index in [0.717, 1.165) is 5.57 Å². The number of hydrogen-bond acceptors (Lipinski definition) is 5. The van der Waals surface area contributed by atoms with Crippen LogP contribution in [0.2, 0.25) is 0 Å². The van der Waals surface area contributed by atoms with Gasteiger partial charge >= 0.3 is 11.9 Å². The maximum atomic E-state index is 11.3. The summed E-state index contributed by atoms with van der Waals surface area (Å²) in [5, 5.41) is 8.69. The average molecular weight is 230 g/mol. The second-order valence-electron chi connectivity index (χ2n) is 3.36. The van der Waals surface area contributed by atoms with E-state index in [4.69, 9.17) is 5.11 Å². The lowest BCUT2D eigenvalue weighted by Gasteiger charge is -2.10. The Bertz CT molecular complexity index is 254. The Morgan fingerprint density at radius 2 is 1.75 bits per heavy atom. The molecule has 0 saturated carbocycles. The SMILES string of the molecule is COC(=O)C(C/C=C(/C)CCO)C(=O)OC. The van der Waals surface area contributed by atoms with Crippen LogP contribution in [0.1, 0.15) is 19.8 Å². The molecule has 5 heteroatoms. The molecule has 0 fully saturated rings. The molecule has 0 rings (SSSR count). The Labute approximate surface area is 95.0 Å². The monoisotopic (exact) mass is 230 g/mol. The van der Waals surface area contributed by atoms with Crippen LogP contribution in [0, 0.1) is 5.92 Å². The first-order chi connectivity index (χ1) is 7.56. The Hall–Kier alpha value is -1.36. The summed E-state index contributed by atoms with van der Waals surface area (Å²) >= 11 is 0. The predicted octanol–water partition coefficient (Wildman–Crippen LogP) is 0.667. The second-order valence-corrected chi connectivity index (χ2v) is 3.36. The van der Waals surface area contributed by atoms with E-state index < -0.39 is 17.9 Å². The third-order valence-corrected chi connectivity index (χ3v) is 2.18. The highest BCUT2D eigenvalue weighted by Crippen LogP contribution is 2.11. The first-order valence-corrected chi connectivity index (χ1v) is 4.99. The van der Waals surface area contributed by atoms with E-state index in [-0.39, 0.29) is 13.0 Å². The molecule has 0 heterocycles. The van der Waals surface area contributed by atoms with Gasteiger partial charge in [-0.1, -0.05) is 11.6 Å². The van der Waals surface area contributed by atoms with Crippen molar-refractivity contribution in [2.24, 2.45) is 5.92 Å². The molecule has 0 radical (unpaired) electrons. The zero-order chi connectivity index (χ0) is 12.6. The van der Waals surface area contributed by atoms with Gasteiger partial charge in [-0.2, -0.15) is 0 Å². The summed E-state index contributed by atoms with van der Waals surface area (Å²) in [5.41, 5.74) is 0.917. The van der Waals surface area contributed by atoms with Gasteiger partial charge in [-0.3, -0.25) is 9.59 Å². The van der Waals surface area contributed by atoms with Gasteiger partial charge in [-0.15, -0.1) is 0 Å². The number of aliphatic hydroxyl groups excluding tert-OH is 1. The molecule has 0 aromatic heterocycles. The second kappa shape index (κ2) is 7.87. The number of carbonyl (C=O) groups is 2. The molecule has 0 saturated heterocycles. The van der Waals surface area contributed by atoms with Crippen LogP contribution < -0.4 is 0 Å². The maximum absolute atomic E-state index is 11.3. The molecule has 1 N–H and O–H groups in total. The standard InChI is InChI=1S/C11H18O5/c1-8(6-7-12)4-5-9(10(13)15-2)11(14)16-3/h4,9,12H,5-7H2,1-3H3/b8-4-. The van der Waals surface area contributed by atoms with Gasteiger partial charge in [0.2, 0.25) is 0 Å². The molecule has 0 aliphatic carbocycles. The Morgan fingerprint density at radius 3 is 2.12 bits per heavy atom. The van der Waals surface area contributed by atoms with Gasteiger partial charge in [-0.05, 0) is 19.8 Å². The summed E-state index contributed by atoms with van der Waals surface area (Å²) < 4.78 is 9.02. The highest BCUT2D eigenvalue weighted by atomic mass is 16.5. The number of ether oxygens (including phenoxy) is 2. The molecule has 0 spiro atoms. The molecule has 0 aliphatic heterocycles. The number of aliphatic hydroxyl groups is 1. The van der Waals surface area contributed by atoms with E-state index in [1.807, 2.05) is 6.92 Å². The normalized spacial score (nSPS) is 11.4. The molecule has 0 aliphatic rings. The molecule has 5 nitrogen and oxygen atoms in total. The number of carbonyl (C=O) groups excluding carboxylic acids is 2. The van der Waals surface area contributed by atoms with Crippen molar-refractivity contribution >= 4 is 11.9 Å². The smallest absolute Gasteiger partial charge is 0.320 e. The minimum absolute atomic E-state index is 0.0451. The Kier molecular flexibility index (Phi) is 7.20. The van der Waals surface area contributed by atoms with Gasteiger partial charge in [-0.25, -0.2) is 0 Å². The van der Waals surface area contributed by atoms with Crippen LogP contribution in [0.4, 0.5) is 0 Å². The first-order valence-electron chi connectivity index (χ1n) is 4.99. The lowest BCUT2D eigenvalue weighted by Crippen LogP contribution is -2.26. The summed E-state index contributed by atoms with van der Waals surface area (Å²) in [6.45, 7) is 1.87. The van der Waals surface area contributed by atoms with Crippen LogP contribution in [0.15, 0.2) is 11.6 Å². The zero-order valence-corrected chi connectivity index (χ0v) is 9.86. The summed E-state index contributed by atoms with van der Waals surface area (Å²) in [5.74, 6) is -2.15. The number of rotatable bonds is 6. The van der Waals surface area contributed by atoms with Gasteiger partial charge < -0.3 is 14.6 Å². The largest absolute Gasteiger partial charge is 0.468 e. The summed E-state index contributed by atoms with van der Waals surface area (Å²) in [4.78, 5) is 22.6. The van der Waals surface area contributed by atoms with Crippen LogP contribution in [0.5, 0.6) is 0 Å². The molecule has 0 aromatic carbocycles. The zero-order valence-electron chi connectivity index (χ0n) is 9.86. The van der Waals surface area contributed by atoms with E-state index in [1.54, 1.807) is 6.08 Å². The third kappa shape index (κ3) is 4.93. The topological polar surface area (TPSA) is 72.8 Å². The minimum Gasteiger partial charge on any atom is -0.468 e. The van der Waals surface area contributed by atoms with E-state index in [0.29, 0.717) is 6.42 Å². The van der Waals surface area contributed by atoms with Crippen LogP contribution in [0.3, 0.4) is 0 Å². The van der Waals surface area contributed by atoms with Crippen LogP contribution in [-0.4, -0.2) is 37.9 Å². The molecule has 0 aromatic rings. The number of allylic oxidation sites excluding steroid dienone is 1.